The van der Waals surface area contributed by atoms with Crippen LogP contribution in [-0.4, -0.2) is 21.4 Å². The monoisotopic (exact) mass is 419 g/mol. The van der Waals surface area contributed by atoms with E-state index in [1.54, 1.807) is 48.5 Å². The Morgan fingerprint density at radius 2 is 1.73 bits per heavy atom. The molecule has 0 saturated carbocycles. The molecule has 0 saturated heterocycles. The topological polar surface area (TPSA) is 90.3 Å². The van der Waals surface area contributed by atoms with Crippen LogP contribution < -0.4 is 9.62 Å². The third kappa shape index (κ3) is 4.50. The smallest absolute Gasteiger partial charge is 0.264 e. The lowest BCUT2D eigenvalue weighted by atomic mass is 10.1. The Morgan fingerprint density at radius 3 is 2.40 bits per heavy atom. The first-order valence-electron chi connectivity index (χ1n) is 9.25. The zero-order chi connectivity index (χ0) is 21.7. The van der Waals surface area contributed by atoms with Gasteiger partial charge in [-0.2, -0.15) is 5.26 Å². The minimum atomic E-state index is -3.83. The van der Waals surface area contributed by atoms with Gasteiger partial charge >= 0.3 is 0 Å². The van der Waals surface area contributed by atoms with Crippen molar-refractivity contribution in [2.24, 2.45) is 0 Å². The lowest BCUT2D eigenvalue weighted by molar-refractivity contribution is 0.102. The van der Waals surface area contributed by atoms with Crippen molar-refractivity contribution >= 4 is 27.3 Å². The number of hydrogen-bond donors (Lipinski definition) is 1. The van der Waals surface area contributed by atoms with Gasteiger partial charge in [-0.25, -0.2) is 8.42 Å². The fourth-order valence-electron chi connectivity index (χ4n) is 3.00. The molecule has 0 unspecified atom stereocenters. The average Bonchev–Trinajstić information content (AvgIpc) is 2.75. The summed E-state index contributed by atoms with van der Waals surface area (Å²) in [6, 6.07) is 22.1. The summed E-state index contributed by atoms with van der Waals surface area (Å²) in [5.74, 6) is -0.418. The highest BCUT2D eigenvalue weighted by Gasteiger charge is 2.23. The van der Waals surface area contributed by atoms with Crippen LogP contribution in [0.5, 0.6) is 0 Å². The highest BCUT2D eigenvalue weighted by Crippen LogP contribution is 2.25. The van der Waals surface area contributed by atoms with Crippen LogP contribution in [0.3, 0.4) is 0 Å². The summed E-state index contributed by atoms with van der Waals surface area (Å²) in [6.45, 7) is 1.84. The SMILES string of the molecule is Cc1ccccc1N(C)S(=O)(=O)c1cccc(C(=O)Nc2ccc(CC#N)cc2)c1. The van der Waals surface area contributed by atoms with Gasteiger partial charge in [0.25, 0.3) is 15.9 Å². The third-order valence-corrected chi connectivity index (χ3v) is 6.47. The van der Waals surface area contributed by atoms with E-state index in [2.05, 4.69) is 11.4 Å². The number of aryl methyl sites for hydroxylation is 1. The Bertz CT molecular complexity index is 1210. The second-order valence-corrected chi connectivity index (χ2v) is 8.74. The highest BCUT2D eigenvalue weighted by atomic mass is 32.2. The molecule has 3 aromatic carbocycles. The van der Waals surface area contributed by atoms with Crippen molar-refractivity contribution < 1.29 is 13.2 Å². The molecule has 0 fully saturated rings. The molecule has 7 heteroatoms. The molecule has 0 radical (unpaired) electrons. The van der Waals surface area contributed by atoms with Gasteiger partial charge in [-0.05, 0) is 54.4 Å². The van der Waals surface area contributed by atoms with Gasteiger partial charge in [0.15, 0.2) is 0 Å². The van der Waals surface area contributed by atoms with Crippen molar-refractivity contribution in [1.29, 1.82) is 5.26 Å². The first-order valence-corrected chi connectivity index (χ1v) is 10.7. The first kappa shape index (κ1) is 21.1. The molecule has 0 spiro atoms. The molecule has 30 heavy (non-hydrogen) atoms. The van der Waals surface area contributed by atoms with E-state index in [1.165, 1.54) is 23.5 Å². The largest absolute Gasteiger partial charge is 0.322 e. The Labute approximate surface area is 176 Å². The molecule has 0 aliphatic carbocycles. The van der Waals surface area contributed by atoms with Gasteiger partial charge in [-0.3, -0.25) is 9.10 Å². The van der Waals surface area contributed by atoms with Crippen LogP contribution >= 0.6 is 0 Å². The van der Waals surface area contributed by atoms with Gasteiger partial charge < -0.3 is 5.32 Å². The maximum absolute atomic E-state index is 13.1. The maximum Gasteiger partial charge on any atom is 0.264 e. The number of nitrogens with zero attached hydrogens (tertiary/aromatic N) is 2. The average molecular weight is 420 g/mol. The molecule has 0 aliphatic rings. The lowest BCUT2D eigenvalue weighted by Gasteiger charge is -2.21. The van der Waals surface area contributed by atoms with E-state index < -0.39 is 15.9 Å². The van der Waals surface area contributed by atoms with Crippen molar-refractivity contribution in [3.8, 4) is 6.07 Å². The van der Waals surface area contributed by atoms with Crippen LogP contribution in [0.1, 0.15) is 21.5 Å². The lowest BCUT2D eigenvalue weighted by Crippen LogP contribution is -2.27. The number of benzene rings is 3. The van der Waals surface area contributed by atoms with Crippen molar-refractivity contribution in [2.45, 2.75) is 18.2 Å². The van der Waals surface area contributed by atoms with E-state index in [9.17, 15) is 13.2 Å². The number of carbonyl (C=O) groups is 1. The second kappa shape index (κ2) is 8.80. The van der Waals surface area contributed by atoms with Crippen molar-refractivity contribution in [3.05, 3.63) is 89.5 Å². The van der Waals surface area contributed by atoms with E-state index in [-0.39, 0.29) is 10.5 Å². The van der Waals surface area contributed by atoms with Crippen molar-refractivity contribution in [1.82, 2.24) is 0 Å². The molecule has 152 valence electrons. The van der Waals surface area contributed by atoms with Crippen LogP contribution in [0.15, 0.2) is 77.7 Å². The number of nitriles is 1. The van der Waals surface area contributed by atoms with E-state index in [0.29, 0.717) is 17.8 Å². The zero-order valence-corrected chi connectivity index (χ0v) is 17.5. The standard InChI is InChI=1S/C23H21N3O3S/c1-17-6-3-4-9-22(17)26(2)30(28,29)21-8-5-7-19(16-21)23(27)25-20-12-10-18(11-13-20)14-15-24/h3-13,16H,14H2,1-2H3,(H,25,27). The summed E-state index contributed by atoms with van der Waals surface area (Å²) >= 11 is 0. The zero-order valence-electron chi connectivity index (χ0n) is 16.7. The van der Waals surface area contributed by atoms with Gasteiger partial charge in [-0.1, -0.05) is 36.4 Å². The Balaban J connectivity index is 1.83. The number of para-hydroxylation sites is 1. The molecule has 0 heterocycles. The van der Waals surface area contributed by atoms with Gasteiger partial charge in [0.1, 0.15) is 0 Å². The fourth-order valence-corrected chi connectivity index (χ4v) is 4.31. The molecule has 0 aromatic heterocycles. The number of nitrogens with one attached hydrogen (secondary N) is 1. The molecule has 1 N–H and O–H groups in total. The minimum Gasteiger partial charge on any atom is -0.322 e. The normalized spacial score (nSPS) is 10.8. The van der Waals surface area contributed by atoms with Crippen LogP contribution in [0.2, 0.25) is 0 Å². The van der Waals surface area contributed by atoms with E-state index in [4.69, 9.17) is 5.26 Å². The summed E-state index contributed by atoms with van der Waals surface area (Å²) in [7, 11) is -2.34. The molecular weight excluding hydrogens is 398 g/mol. The van der Waals surface area contributed by atoms with Gasteiger partial charge in [0, 0.05) is 18.3 Å². The van der Waals surface area contributed by atoms with E-state index in [1.807, 2.05) is 19.1 Å². The predicted octanol–water partition coefficient (Wildman–Crippen LogP) is 4.14. The third-order valence-electron chi connectivity index (χ3n) is 4.70. The molecule has 6 nitrogen and oxygen atoms in total. The van der Waals surface area contributed by atoms with Crippen LogP contribution in [-0.2, 0) is 16.4 Å². The molecular formula is C23H21N3O3S. The van der Waals surface area contributed by atoms with E-state index >= 15 is 0 Å². The van der Waals surface area contributed by atoms with Crippen molar-refractivity contribution in [3.63, 3.8) is 0 Å². The summed E-state index contributed by atoms with van der Waals surface area (Å²) < 4.78 is 27.4. The molecule has 1 amide bonds. The van der Waals surface area contributed by atoms with Crippen LogP contribution in [0.25, 0.3) is 0 Å². The summed E-state index contributed by atoms with van der Waals surface area (Å²) in [5, 5.41) is 11.5. The van der Waals surface area contributed by atoms with Gasteiger partial charge in [-0.15, -0.1) is 0 Å². The number of sulfonamides is 1. The number of rotatable bonds is 6. The second-order valence-electron chi connectivity index (χ2n) is 6.77. The van der Waals surface area contributed by atoms with Crippen LogP contribution in [0, 0.1) is 18.3 Å². The molecule has 0 atom stereocenters. The Hall–Kier alpha value is -3.63. The Morgan fingerprint density at radius 1 is 1.03 bits per heavy atom. The maximum atomic E-state index is 13.1. The quantitative estimate of drug-likeness (QED) is 0.650. The fraction of sp³-hybridized carbons (Fsp3) is 0.130. The number of carbonyl (C=O) groups excluding carboxylic acids is 1. The first-order chi connectivity index (χ1) is 14.3. The summed E-state index contributed by atoms with van der Waals surface area (Å²) in [6.07, 6.45) is 0.294. The number of hydrogen-bond acceptors (Lipinski definition) is 4. The molecule has 0 bridgehead atoms. The van der Waals surface area contributed by atoms with Gasteiger partial charge in [0.05, 0.1) is 23.1 Å². The van der Waals surface area contributed by atoms with Crippen LogP contribution in [0.4, 0.5) is 11.4 Å². The number of anilines is 2. The Kier molecular flexibility index (Phi) is 6.19. The van der Waals surface area contributed by atoms with E-state index in [0.717, 1.165) is 11.1 Å². The van der Waals surface area contributed by atoms with Gasteiger partial charge in [0.2, 0.25) is 0 Å². The highest BCUT2D eigenvalue weighted by molar-refractivity contribution is 7.92. The molecule has 3 rings (SSSR count). The predicted molar refractivity (Wildman–Crippen MR) is 117 cm³/mol. The molecule has 3 aromatic rings. The summed E-state index contributed by atoms with van der Waals surface area (Å²) in [5.41, 5.74) is 3.05. The van der Waals surface area contributed by atoms with Crippen molar-refractivity contribution in [2.75, 3.05) is 16.7 Å². The summed E-state index contributed by atoms with van der Waals surface area (Å²) in [4.78, 5) is 12.7. The minimum absolute atomic E-state index is 0.0327. The molecule has 0 aliphatic heterocycles. The number of amides is 1.